The van der Waals surface area contributed by atoms with Crippen molar-refractivity contribution in [3.05, 3.63) is 35.9 Å². The number of hydrogen-bond acceptors (Lipinski definition) is 3. The summed E-state index contributed by atoms with van der Waals surface area (Å²) in [5, 5.41) is 6.28. The van der Waals surface area contributed by atoms with E-state index in [1.165, 1.54) is 0 Å². The number of rotatable bonds is 7. The third-order valence-electron chi connectivity index (χ3n) is 3.40. The lowest BCUT2D eigenvalue weighted by atomic mass is 10.1. The minimum atomic E-state index is -0.319. The van der Waals surface area contributed by atoms with E-state index >= 15 is 0 Å². The van der Waals surface area contributed by atoms with Crippen LogP contribution in [0.3, 0.4) is 0 Å². The average molecular weight is 320 g/mol. The normalized spacial score (nSPS) is 12.0. The molecule has 0 saturated heterocycles. The van der Waals surface area contributed by atoms with Crippen LogP contribution in [0.25, 0.3) is 0 Å². The van der Waals surface area contributed by atoms with Crippen molar-refractivity contribution < 1.29 is 9.53 Å². The zero-order valence-corrected chi connectivity index (χ0v) is 14.7. The molecule has 6 heteroatoms. The summed E-state index contributed by atoms with van der Waals surface area (Å²) in [4.78, 5) is 17.8. The van der Waals surface area contributed by atoms with E-state index in [2.05, 4.69) is 15.6 Å². The highest BCUT2D eigenvalue weighted by atomic mass is 16.5. The molecule has 0 spiro atoms. The minimum absolute atomic E-state index is 0.00906. The molecule has 6 nitrogen and oxygen atoms in total. The van der Waals surface area contributed by atoms with Crippen molar-refractivity contribution in [2.24, 2.45) is 4.99 Å². The van der Waals surface area contributed by atoms with Crippen LogP contribution in [0.1, 0.15) is 19.4 Å². The summed E-state index contributed by atoms with van der Waals surface area (Å²) in [6.45, 7) is 5.29. The van der Waals surface area contributed by atoms with E-state index in [1.54, 1.807) is 26.1 Å². The number of hydrogen-bond donors (Lipinski definition) is 2. The lowest BCUT2D eigenvalue weighted by Crippen LogP contribution is -2.47. The minimum Gasteiger partial charge on any atom is -0.377 e. The molecule has 0 saturated carbocycles. The van der Waals surface area contributed by atoms with Gasteiger partial charge in [0.1, 0.15) is 0 Å². The molecule has 0 heterocycles. The van der Waals surface area contributed by atoms with Gasteiger partial charge in [-0.2, -0.15) is 0 Å². The van der Waals surface area contributed by atoms with Gasteiger partial charge in [-0.1, -0.05) is 30.3 Å². The summed E-state index contributed by atoms with van der Waals surface area (Å²) in [6.07, 6.45) is 0. The van der Waals surface area contributed by atoms with Gasteiger partial charge in [-0.05, 0) is 19.4 Å². The molecule has 1 aromatic carbocycles. The molecular formula is C17H28N4O2. The standard InChI is InChI=1S/C17H28N4O2/c1-17(2,23-5)13-20-16(19-12-15(22)21(3)4)18-11-14-9-7-6-8-10-14/h6-10H,11-13H2,1-5H3,(H2,18,19,20). The first kappa shape index (κ1) is 19.0. The van der Waals surface area contributed by atoms with Crippen LogP contribution in [-0.4, -0.2) is 56.7 Å². The lowest BCUT2D eigenvalue weighted by molar-refractivity contribution is -0.127. The molecule has 1 amide bonds. The fraction of sp³-hybridized carbons (Fsp3) is 0.529. The number of amides is 1. The highest BCUT2D eigenvalue weighted by Crippen LogP contribution is 2.05. The Morgan fingerprint density at radius 3 is 2.43 bits per heavy atom. The van der Waals surface area contributed by atoms with Crippen molar-refractivity contribution in [1.29, 1.82) is 0 Å². The zero-order chi connectivity index (χ0) is 17.3. The summed E-state index contributed by atoms with van der Waals surface area (Å²) >= 11 is 0. The van der Waals surface area contributed by atoms with Gasteiger partial charge in [0.25, 0.3) is 0 Å². The van der Waals surface area contributed by atoms with Crippen molar-refractivity contribution in [3.63, 3.8) is 0 Å². The van der Waals surface area contributed by atoms with Crippen molar-refractivity contribution >= 4 is 11.9 Å². The summed E-state index contributed by atoms with van der Waals surface area (Å²) in [5.41, 5.74) is 0.791. The molecule has 1 aromatic rings. The summed E-state index contributed by atoms with van der Waals surface area (Å²) in [7, 11) is 5.13. The topological polar surface area (TPSA) is 66.0 Å². The summed E-state index contributed by atoms with van der Waals surface area (Å²) < 4.78 is 5.39. The Morgan fingerprint density at radius 1 is 1.22 bits per heavy atom. The molecule has 23 heavy (non-hydrogen) atoms. The van der Waals surface area contributed by atoms with Gasteiger partial charge in [0, 0.05) is 27.7 Å². The monoisotopic (exact) mass is 320 g/mol. The van der Waals surface area contributed by atoms with E-state index in [-0.39, 0.29) is 18.1 Å². The third kappa shape index (κ3) is 7.65. The van der Waals surface area contributed by atoms with Gasteiger partial charge in [0.15, 0.2) is 5.96 Å². The van der Waals surface area contributed by atoms with Crippen LogP contribution in [0.2, 0.25) is 0 Å². The van der Waals surface area contributed by atoms with Crippen LogP contribution in [0, 0.1) is 0 Å². The molecule has 0 aliphatic heterocycles. The maximum absolute atomic E-state index is 11.7. The molecule has 0 radical (unpaired) electrons. The molecule has 0 atom stereocenters. The molecule has 0 fully saturated rings. The molecule has 1 rings (SSSR count). The van der Waals surface area contributed by atoms with Gasteiger partial charge in [-0.25, -0.2) is 4.99 Å². The Hall–Kier alpha value is -2.08. The number of guanidine groups is 1. The van der Waals surface area contributed by atoms with Crippen molar-refractivity contribution in [3.8, 4) is 0 Å². The van der Waals surface area contributed by atoms with Crippen molar-refractivity contribution in [2.75, 3.05) is 34.3 Å². The second-order valence-electron chi connectivity index (χ2n) is 6.11. The predicted octanol–water partition coefficient (Wildman–Crippen LogP) is 1.24. The number of carbonyl (C=O) groups excluding carboxylic acids is 1. The Bertz CT molecular complexity index is 513. The quantitative estimate of drug-likeness (QED) is 0.586. The number of nitrogens with zero attached hydrogens (tertiary/aromatic N) is 2. The molecular weight excluding hydrogens is 292 g/mol. The number of ether oxygens (including phenoxy) is 1. The fourth-order valence-corrected chi connectivity index (χ4v) is 1.61. The SMILES string of the molecule is COC(C)(C)CNC(=NCc1ccccc1)NCC(=O)N(C)C. The lowest BCUT2D eigenvalue weighted by Gasteiger charge is -2.24. The molecule has 0 unspecified atom stereocenters. The largest absolute Gasteiger partial charge is 0.377 e. The smallest absolute Gasteiger partial charge is 0.241 e. The molecule has 2 N–H and O–H groups in total. The number of carbonyl (C=O) groups is 1. The maximum Gasteiger partial charge on any atom is 0.241 e. The van der Waals surface area contributed by atoms with Gasteiger partial charge in [-0.3, -0.25) is 4.79 Å². The summed E-state index contributed by atoms with van der Waals surface area (Å²) in [5.74, 6) is 0.583. The van der Waals surface area contributed by atoms with E-state index in [0.717, 1.165) is 5.56 Å². The zero-order valence-electron chi connectivity index (χ0n) is 14.7. The number of nitrogens with one attached hydrogen (secondary N) is 2. The van der Waals surface area contributed by atoms with Crippen molar-refractivity contribution in [2.45, 2.75) is 26.0 Å². The van der Waals surface area contributed by atoms with E-state index in [9.17, 15) is 4.79 Å². The highest BCUT2D eigenvalue weighted by molar-refractivity contribution is 5.86. The van der Waals surface area contributed by atoms with Gasteiger partial charge in [-0.15, -0.1) is 0 Å². The van der Waals surface area contributed by atoms with Gasteiger partial charge >= 0.3 is 0 Å². The average Bonchev–Trinajstić information content (AvgIpc) is 2.54. The highest BCUT2D eigenvalue weighted by Gasteiger charge is 2.17. The van der Waals surface area contributed by atoms with E-state index in [0.29, 0.717) is 19.0 Å². The fourth-order valence-electron chi connectivity index (χ4n) is 1.61. The van der Waals surface area contributed by atoms with Crippen molar-refractivity contribution in [1.82, 2.24) is 15.5 Å². The Kier molecular flexibility index (Phi) is 7.54. The van der Waals surface area contributed by atoms with Crippen LogP contribution in [0.15, 0.2) is 35.3 Å². The predicted molar refractivity (Wildman–Crippen MR) is 93.4 cm³/mol. The Labute approximate surface area is 138 Å². The second-order valence-corrected chi connectivity index (χ2v) is 6.11. The van der Waals surface area contributed by atoms with E-state index < -0.39 is 0 Å². The first-order valence-corrected chi connectivity index (χ1v) is 7.65. The third-order valence-corrected chi connectivity index (χ3v) is 3.40. The van der Waals surface area contributed by atoms with Gasteiger partial charge in [0.2, 0.25) is 5.91 Å². The van der Waals surface area contributed by atoms with Crippen LogP contribution in [-0.2, 0) is 16.1 Å². The van der Waals surface area contributed by atoms with Gasteiger partial charge < -0.3 is 20.3 Å². The molecule has 0 aliphatic rings. The Balaban J connectivity index is 2.68. The summed E-state index contributed by atoms with van der Waals surface area (Å²) in [6, 6.07) is 9.97. The maximum atomic E-state index is 11.7. The number of likely N-dealkylation sites (N-methyl/N-ethyl adjacent to an activating group) is 1. The van der Waals surface area contributed by atoms with Crippen LogP contribution >= 0.6 is 0 Å². The van der Waals surface area contributed by atoms with Crippen LogP contribution < -0.4 is 10.6 Å². The first-order chi connectivity index (χ1) is 10.8. The first-order valence-electron chi connectivity index (χ1n) is 7.65. The van der Waals surface area contributed by atoms with Crippen LogP contribution in [0.4, 0.5) is 0 Å². The van der Waals surface area contributed by atoms with Crippen LogP contribution in [0.5, 0.6) is 0 Å². The second kappa shape index (κ2) is 9.15. The molecule has 0 aliphatic carbocycles. The Morgan fingerprint density at radius 2 is 1.87 bits per heavy atom. The molecule has 0 bridgehead atoms. The van der Waals surface area contributed by atoms with Gasteiger partial charge in [0.05, 0.1) is 18.7 Å². The van der Waals surface area contributed by atoms with E-state index in [1.807, 2.05) is 44.2 Å². The number of methoxy groups -OCH3 is 1. The molecule has 128 valence electrons. The molecule has 0 aromatic heterocycles. The number of benzene rings is 1. The number of aliphatic imine (C=N–C) groups is 1. The van der Waals surface area contributed by atoms with E-state index in [4.69, 9.17) is 4.74 Å².